The van der Waals surface area contributed by atoms with Gasteiger partial charge in [-0.3, -0.25) is 18.7 Å². The van der Waals surface area contributed by atoms with Crippen molar-refractivity contribution < 1.29 is 51.6 Å². The number of aryl methyl sites for hydroxylation is 4. The van der Waals surface area contributed by atoms with E-state index < -0.39 is 14.5 Å². The zero-order valence-electron chi connectivity index (χ0n) is 24.5. The van der Waals surface area contributed by atoms with Crippen molar-refractivity contribution in [2.75, 3.05) is 23.5 Å². The molecule has 0 N–H and O–H groups in total. The molecule has 0 atom stereocenters. The molecule has 0 saturated heterocycles. The molecule has 0 unspecified atom stereocenters. The molecule has 0 amide bonds. The molecule has 4 rings (SSSR count). The van der Waals surface area contributed by atoms with Crippen molar-refractivity contribution in [2.24, 2.45) is 0 Å². The monoisotopic (exact) mass is 817 g/mol. The van der Waals surface area contributed by atoms with Crippen LogP contribution in [0.15, 0.2) is 50.6 Å². The van der Waals surface area contributed by atoms with Crippen molar-refractivity contribution >= 4 is 60.9 Å². The molecule has 0 saturated carbocycles. The Labute approximate surface area is 296 Å². The molecule has 27 heteroatoms. The van der Waals surface area contributed by atoms with Crippen LogP contribution in [0.4, 0.5) is 34.5 Å². The van der Waals surface area contributed by atoms with E-state index in [1.54, 1.807) is 44.0 Å². The minimum atomic E-state index is -6.00. The Bertz CT molecular complexity index is 943. The number of halogens is 12. The summed E-state index contributed by atoms with van der Waals surface area (Å²) >= 11 is 21.8. The molecule has 12 nitrogen and oxygen atoms in total. The molecule has 47 heavy (non-hydrogen) atoms. The van der Waals surface area contributed by atoms with Crippen molar-refractivity contribution in [3.63, 3.8) is 0 Å². The Hall–Kier alpha value is -2.19. The molecule has 0 aliphatic rings. The van der Waals surface area contributed by atoms with E-state index in [2.05, 4.69) is 40.3 Å². The Balaban J connectivity index is -0.000000501. The molecule has 0 aromatic carbocycles. The van der Waals surface area contributed by atoms with Crippen LogP contribution < -0.4 is 0 Å². The van der Waals surface area contributed by atoms with Gasteiger partial charge in [0, 0.05) is 49.7 Å². The molecule has 0 fully saturated rings. The van der Waals surface area contributed by atoms with Crippen molar-refractivity contribution in [3.8, 4) is 0 Å². The fourth-order valence-corrected chi connectivity index (χ4v) is 2.76. The van der Waals surface area contributed by atoms with Gasteiger partial charge in [0.15, 0.2) is 0 Å². The molecule has 273 valence electrons. The van der Waals surface area contributed by atoms with Crippen LogP contribution in [0.3, 0.4) is 0 Å². The van der Waals surface area contributed by atoms with Crippen LogP contribution in [0.25, 0.3) is 0 Å². The SMILES string of the molecule is ClCCCn1cncn1.ClCCCn1cncn1.ClCCCn1cncn1.ClCCCn1cncn1.F[B-](F)(F)F.F[B-](F)(F)F.[Cu+2]. The second-order valence-electron chi connectivity index (χ2n) is 7.79. The van der Waals surface area contributed by atoms with E-state index in [9.17, 15) is 34.5 Å². The second kappa shape index (κ2) is 32.4. The summed E-state index contributed by atoms with van der Waals surface area (Å²) in [6, 6.07) is 0. The van der Waals surface area contributed by atoms with Crippen LogP contribution in [0.5, 0.6) is 0 Å². The van der Waals surface area contributed by atoms with E-state index in [-0.39, 0.29) is 17.1 Å². The van der Waals surface area contributed by atoms with Crippen LogP contribution >= 0.6 is 46.4 Å². The van der Waals surface area contributed by atoms with Crippen LogP contribution in [0.1, 0.15) is 25.7 Å². The summed E-state index contributed by atoms with van der Waals surface area (Å²) in [7, 11) is -12.0. The van der Waals surface area contributed by atoms with Gasteiger partial charge in [-0.25, -0.2) is 19.9 Å². The fourth-order valence-electron chi connectivity index (χ4n) is 2.28. The van der Waals surface area contributed by atoms with Gasteiger partial charge in [0.25, 0.3) is 0 Å². The average molecular weight is 820 g/mol. The van der Waals surface area contributed by atoms with Crippen molar-refractivity contribution in [1.29, 1.82) is 0 Å². The van der Waals surface area contributed by atoms with Crippen LogP contribution in [0.2, 0.25) is 0 Å². The Morgan fingerprint density at radius 3 is 0.681 bits per heavy atom. The molecular formula is C20H32B2Cl4CuF8N12. The van der Waals surface area contributed by atoms with Gasteiger partial charge in [-0.2, -0.15) is 20.4 Å². The van der Waals surface area contributed by atoms with Gasteiger partial charge in [-0.1, -0.05) is 0 Å². The molecule has 4 aromatic heterocycles. The van der Waals surface area contributed by atoms with Gasteiger partial charge >= 0.3 is 31.6 Å². The quantitative estimate of drug-likeness (QED) is 0.0938. The molecule has 0 aliphatic carbocycles. The van der Waals surface area contributed by atoms with Gasteiger partial charge in [0.1, 0.15) is 50.6 Å². The topological polar surface area (TPSA) is 123 Å². The number of hydrogen-bond acceptors (Lipinski definition) is 8. The predicted octanol–water partition coefficient (Wildman–Crippen LogP) is 6.23. The van der Waals surface area contributed by atoms with Gasteiger partial charge in [0.05, 0.1) is 0 Å². The first-order valence-corrected chi connectivity index (χ1v) is 15.1. The molecule has 1 radical (unpaired) electrons. The van der Waals surface area contributed by atoms with Crippen molar-refractivity contribution in [1.82, 2.24) is 59.1 Å². The summed E-state index contributed by atoms with van der Waals surface area (Å²) in [6.07, 6.45) is 16.6. The zero-order valence-corrected chi connectivity index (χ0v) is 28.4. The average Bonchev–Trinajstić information content (AvgIpc) is 3.81. The summed E-state index contributed by atoms with van der Waals surface area (Å²) in [4.78, 5) is 15.1. The Morgan fingerprint density at radius 2 is 0.574 bits per heavy atom. The maximum absolute atomic E-state index is 9.75. The standard InChI is InChI=1S/4C5H8ClN3.2BF4.Cu/c4*6-2-1-3-9-5-7-4-8-9;2*2-1(3,4)5;/h4*4-5H,1-3H2;;;/q;;;;2*-1;+2. The van der Waals surface area contributed by atoms with E-state index >= 15 is 0 Å². The second-order valence-corrected chi connectivity index (χ2v) is 9.31. The first kappa shape index (κ1) is 49.2. The molecule has 4 heterocycles. The number of hydrogen-bond donors (Lipinski definition) is 0. The minimum absolute atomic E-state index is 0. The summed E-state index contributed by atoms with van der Waals surface area (Å²) in [5.41, 5.74) is 0. The predicted molar refractivity (Wildman–Crippen MR) is 162 cm³/mol. The van der Waals surface area contributed by atoms with Gasteiger partial charge < -0.3 is 34.5 Å². The maximum Gasteiger partial charge on any atom is 2.00 e. The summed E-state index contributed by atoms with van der Waals surface area (Å²) in [5.74, 6) is 2.72. The fraction of sp³-hybridized carbons (Fsp3) is 0.600. The van der Waals surface area contributed by atoms with E-state index in [0.29, 0.717) is 23.5 Å². The Kier molecular flexibility index (Phi) is 33.9. The third kappa shape index (κ3) is 43.8. The van der Waals surface area contributed by atoms with Gasteiger partial charge in [0.2, 0.25) is 0 Å². The summed E-state index contributed by atoms with van der Waals surface area (Å²) < 4.78 is 85.1. The van der Waals surface area contributed by atoms with E-state index in [1.807, 2.05) is 0 Å². The van der Waals surface area contributed by atoms with Crippen molar-refractivity contribution in [3.05, 3.63) is 50.6 Å². The minimum Gasteiger partial charge on any atom is -0.418 e. The molecular weight excluding hydrogens is 787 g/mol. The number of nitrogens with zero attached hydrogens (tertiary/aromatic N) is 12. The maximum atomic E-state index is 9.75. The summed E-state index contributed by atoms with van der Waals surface area (Å²) in [5, 5.41) is 15.6. The number of aromatic nitrogens is 12. The van der Waals surface area contributed by atoms with E-state index in [1.165, 1.54) is 25.3 Å². The molecule has 0 aliphatic heterocycles. The third-order valence-electron chi connectivity index (χ3n) is 3.95. The van der Waals surface area contributed by atoms with Crippen LogP contribution in [0, 0.1) is 0 Å². The summed E-state index contributed by atoms with van der Waals surface area (Å²) in [6.45, 7) is 3.46. The molecule has 0 spiro atoms. The van der Waals surface area contributed by atoms with E-state index in [4.69, 9.17) is 46.4 Å². The first-order chi connectivity index (χ1) is 21.7. The molecule has 4 aromatic rings. The number of alkyl halides is 4. The largest absolute Gasteiger partial charge is 2.00 e. The smallest absolute Gasteiger partial charge is 0.418 e. The third-order valence-corrected chi connectivity index (χ3v) is 5.02. The first-order valence-electron chi connectivity index (χ1n) is 13.0. The van der Waals surface area contributed by atoms with Crippen molar-refractivity contribution in [2.45, 2.75) is 51.9 Å². The Morgan fingerprint density at radius 1 is 0.404 bits per heavy atom. The van der Waals surface area contributed by atoms with Gasteiger partial charge in [-0.05, 0) is 25.7 Å². The number of rotatable bonds is 12. The normalized spacial score (nSPS) is 10.1. The zero-order chi connectivity index (χ0) is 35.1. The van der Waals surface area contributed by atoms with Gasteiger partial charge in [-0.15, -0.1) is 46.4 Å². The molecule has 0 bridgehead atoms. The van der Waals surface area contributed by atoms with E-state index in [0.717, 1.165) is 51.9 Å². The van der Waals surface area contributed by atoms with Crippen LogP contribution in [-0.4, -0.2) is 97.1 Å². The van der Waals surface area contributed by atoms with Crippen LogP contribution in [-0.2, 0) is 43.2 Å².